The molecular weight excluding hydrogens is 472 g/mol. The Bertz CT molecular complexity index is 739. The van der Waals surface area contributed by atoms with E-state index in [4.69, 9.17) is 9.47 Å². The molecule has 2 aromatic carbocycles. The number of nitrogens with zero attached hydrogens (tertiary/aromatic N) is 1. The molecule has 0 aliphatic rings. The number of nitrogens with one attached hydrogen (secondary N) is 2. The molecule has 154 valence electrons. The molecule has 0 fully saturated rings. The molecule has 0 aliphatic heterocycles. The van der Waals surface area contributed by atoms with Crippen molar-refractivity contribution in [3.05, 3.63) is 65.0 Å². The monoisotopic (exact) mass is 501 g/mol. The quantitative estimate of drug-likeness (QED) is 0.238. The van der Waals surface area contributed by atoms with Crippen LogP contribution in [0.25, 0.3) is 0 Å². The largest absolute Gasteiger partial charge is 0.491 e. The first-order valence-corrected chi connectivity index (χ1v) is 9.02. The molecule has 2 N–H and O–H groups in total. The summed E-state index contributed by atoms with van der Waals surface area (Å²) in [4.78, 5) is 4.24. The SMILES string of the molecule is CN=C(NCCc1ccc(F)cc1)NCc1ccc(C)cc1OCCOC.I. The number of halogens is 2. The molecule has 0 aliphatic carbocycles. The molecule has 0 heterocycles. The van der Waals surface area contributed by atoms with Crippen molar-refractivity contribution >= 4 is 29.9 Å². The van der Waals surface area contributed by atoms with Crippen molar-refractivity contribution in [3.63, 3.8) is 0 Å². The molecule has 0 radical (unpaired) electrons. The van der Waals surface area contributed by atoms with Gasteiger partial charge in [0.15, 0.2) is 5.96 Å². The van der Waals surface area contributed by atoms with E-state index in [0.29, 0.717) is 32.3 Å². The lowest BCUT2D eigenvalue weighted by Crippen LogP contribution is -2.37. The van der Waals surface area contributed by atoms with Crippen LogP contribution >= 0.6 is 24.0 Å². The van der Waals surface area contributed by atoms with Gasteiger partial charge in [-0.05, 0) is 42.7 Å². The van der Waals surface area contributed by atoms with Gasteiger partial charge in [-0.2, -0.15) is 0 Å². The molecule has 2 aromatic rings. The Morgan fingerprint density at radius 3 is 2.50 bits per heavy atom. The predicted octanol–water partition coefficient (Wildman–Crippen LogP) is 3.69. The first kappa shape index (κ1) is 24.2. The average Bonchev–Trinajstić information content (AvgIpc) is 2.67. The maximum absolute atomic E-state index is 12.9. The van der Waals surface area contributed by atoms with Gasteiger partial charge < -0.3 is 20.1 Å². The number of aryl methyl sites for hydroxylation is 1. The normalized spacial score (nSPS) is 10.9. The van der Waals surface area contributed by atoms with Gasteiger partial charge in [0.2, 0.25) is 0 Å². The van der Waals surface area contributed by atoms with Crippen LogP contribution in [0.5, 0.6) is 5.75 Å². The summed E-state index contributed by atoms with van der Waals surface area (Å²) in [6.07, 6.45) is 0.789. The number of hydrogen-bond donors (Lipinski definition) is 2. The molecule has 7 heteroatoms. The zero-order valence-corrected chi connectivity index (χ0v) is 19.0. The second-order valence-corrected chi connectivity index (χ2v) is 6.18. The highest BCUT2D eigenvalue weighted by Crippen LogP contribution is 2.20. The molecule has 28 heavy (non-hydrogen) atoms. The van der Waals surface area contributed by atoms with Gasteiger partial charge >= 0.3 is 0 Å². The van der Waals surface area contributed by atoms with E-state index in [0.717, 1.165) is 28.9 Å². The first-order chi connectivity index (χ1) is 13.1. The van der Waals surface area contributed by atoms with Crippen LogP contribution in [-0.2, 0) is 17.7 Å². The smallest absolute Gasteiger partial charge is 0.191 e. The van der Waals surface area contributed by atoms with Crippen molar-refractivity contribution < 1.29 is 13.9 Å². The fourth-order valence-electron chi connectivity index (χ4n) is 2.55. The number of aliphatic imine (C=N–C) groups is 1. The molecule has 0 aromatic heterocycles. The summed E-state index contributed by atoms with van der Waals surface area (Å²) < 4.78 is 23.8. The van der Waals surface area contributed by atoms with Gasteiger partial charge in [-0.15, -0.1) is 24.0 Å². The number of methoxy groups -OCH3 is 1. The van der Waals surface area contributed by atoms with Crippen LogP contribution < -0.4 is 15.4 Å². The van der Waals surface area contributed by atoms with Crippen LogP contribution in [0.2, 0.25) is 0 Å². The standard InChI is InChI=1S/C21H28FN3O2.HI/c1-16-4-7-18(20(14-16)27-13-12-26-3)15-25-21(23-2)24-11-10-17-5-8-19(22)9-6-17;/h4-9,14H,10-13,15H2,1-3H3,(H2,23,24,25);1H. The molecule has 0 saturated carbocycles. The Labute approximate surface area is 183 Å². The minimum absolute atomic E-state index is 0. The maximum Gasteiger partial charge on any atom is 0.191 e. The maximum atomic E-state index is 12.9. The van der Waals surface area contributed by atoms with E-state index in [9.17, 15) is 4.39 Å². The third-order valence-electron chi connectivity index (χ3n) is 4.06. The molecular formula is C21H29FIN3O2. The Hall–Kier alpha value is -1.87. The summed E-state index contributed by atoms with van der Waals surface area (Å²) in [6.45, 7) is 4.40. The molecule has 0 spiro atoms. The van der Waals surface area contributed by atoms with Gasteiger partial charge in [0.25, 0.3) is 0 Å². The Morgan fingerprint density at radius 2 is 1.82 bits per heavy atom. The fraction of sp³-hybridized carbons (Fsp3) is 0.381. The summed E-state index contributed by atoms with van der Waals surface area (Å²) in [6, 6.07) is 12.7. The Balaban J connectivity index is 0.00000392. The van der Waals surface area contributed by atoms with Gasteiger partial charge in [0.05, 0.1) is 6.61 Å². The van der Waals surface area contributed by atoms with Crippen LogP contribution in [0.3, 0.4) is 0 Å². The van der Waals surface area contributed by atoms with Gasteiger partial charge in [-0.3, -0.25) is 4.99 Å². The van der Waals surface area contributed by atoms with Gasteiger partial charge in [-0.1, -0.05) is 24.3 Å². The topological polar surface area (TPSA) is 54.9 Å². The summed E-state index contributed by atoms with van der Waals surface area (Å²) >= 11 is 0. The van der Waals surface area contributed by atoms with Crippen LogP contribution in [0, 0.1) is 12.7 Å². The molecule has 0 atom stereocenters. The fourth-order valence-corrected chi connectivity index (χ4v) is 2.55. The minimum Gasteiger partial charge on any atom is -0.491 e. The number of ether oxygens (including phenoxy) is 2. The molecule has 0 unspecified atom stereocenters. The van der Waals surface area contributed by atoms with Gasteiger partial charge in [-0.25, -0.2) is 4.39 Å². The van der Waals surface area contributed by atoms with Crippen LogP contribution in [0.4, 0.5) is 4.39 Å². The average molecular weight is 501 g/mol. The molecule has 0 amide bonds. The molecule has 2 rings (SSSR count). The van der Waals surface area contributed by atoms with Crippen LogP contribution in [-0.4, -0.2) is 39.9 Å². The highest BCUT2D eigenvalue weighted by molar-refractivity contribution is 14.0. The minimum atomic E-state index is -0.217. The molecule has 0 bridgehead atoms. The predicted molar refractivity (Wildman–Crippen MR) is 122 cm³/mol. The lowest BCUT2D eigenvalue weighted by atomic mass is 10.1. The van der Waals surface area contributed by atoms with E-state index in [-0.39, 0.29) is 29.8 Å². The third-order valence-corrected chi connectivity index (χ3v) is 4.06. The second kappa shape index (κ2) is 13.3. The van der Waals surface area contributed by atoms with Gasteiger partial charge in [0, 0.05) is 32.8 Å². The van der Waals surface area contributed by atoms with Crippen molar-refractivity contribution in [2.75, 3.05) is 33.9 Å². The Morgan fingerprint density at radius 1 is 1.07 bits per heavy atom. The molecule has 5 nitrogen and oxygen atoms in total. The number of benzene rings is 2. The summed E-state index contributed by atoms with van der Waals surface area (Å²) in [5.41, 5.74) is 3.28. The van der Waals surface area contributed by atoms with E-state index in [1.54, 1.807) is 26.3 Å². The third kappa shape index (κ3) is 8.43. The van der Waals surface area contributed by atoms with E-state index in [1.165, 1.54) is 12.1 Å². The van der Waals surface area contributed by atoms with E-state index >= 15 is 0 Å². The highest BCUT2D eigenvalue weighted by atomic mass is 127. The number of hydrogen-bond acceptors (Lipinski definition) is 3. The summed E-state index contributed by atoms with van der Waals surface area (Å²) in [5, 5.41) is 6.57. The van der Waals surface area contributed by atoms with Crippen molar-refractivity contribution in [2.45, 2.75) is 19.9 Å². The van der Waals surface area contributed by atoms with Crippen molar-refractivity contribution in [1.82, 2.24) is 10.6 Å². The van der Waals surface area contributed by atoms with Crippen molar-refractivity contribution in [1.29, 1.82) is 0 Å². The first-order valence-electron chi connectivity index (χ1n) is 9.02. The summed E-state index contributed by atoms with van der Waals surface area (Å²) in [7, 11) is 3.39. The zero-order chi connectivity index (χ0) is 19.5. The van der Waals surface area contributed by atoms with Crippen molar-refractivity contribution in [3.8, 4) is 5.75 Å². The van der Waals surface area contributed by atoms with Crippen molar-refractivity contribution in [2.24, 2.45) is 4.99 Å². The molecule has 0 saturated heterocycles. The second-order valence-electron chi connectivity index (χ2n) is 6.18. The zero-order valence-electron chi connectivity index (χ0n) is 16.6. The highest BCUT2D eigenvalue weighted by Gasteiger charge is 2.06. The lowest BCUT2D eigenvalue weighted by molar-refractivity contribution is 0.145. The summed E-state index contributed by atoms with van der Waals surface area (Å²) in [5.74, 6) is 1.34. The van der Waals surface area contributed by atoms with Crippen LogP contribution in [0.15, 0.2) is 47.5 Å². The lowest BCUT2D eigenvalue weighted by Gasteiger charge is -2.15. The van der Waals surface area contributed by atoms with E-state index in [2.05, 4.69) is 27.8 Å². The van der Waals surface area contributed by atoms with E-state index < -0.39 is 0 Å². The number of guanidine groups is 1. The van der Waals surface area contributed by atoms with Crippen LogP contribution in [0.1, 0.15) is 16.7 Å². The Kier molecular flexibility index (Phi) is 11.5. The van der Waals surface area contributed by atoms with Gasteiger partial charge in [0.1, 0.15) is 18.2 Å². The van der Waals surface area contributed by atoms with E-state index in [1.807, 2.05) is 13.0 Å². The number of rotatable bonds is 9.